The van der Waals surface area contributed by atoms with Crippen LogP contribution in [0.1, 0.15) is 6.92 Å². The minimum Gasteiger partial charge on any atom is -0.362 e. The van der Waals surface area contributed by atoms with E-state index in [2.05, 4.69) is 27.1 Å². The maximum Gasteiger partial charge on any atom is 0.215 e. The van der Waals surface area contributed by atoms with E-state index < -0.39 is 10.0 Å². The molecule has 1 aliphatic heterocycles. The van der Waals surface area contributed by atoms with Crippen molar-refractivity contribution in [2.75, 3.05) is 49.9 Å². The Kier molecular flexibility index (Phi) is 7.15. The van der Waals surface area contributed by atoms with Gasteiger partial charge in [0.05, 0.1) is 5.75 Å². The van der Waals surface area contributed by atoms with Gasteiger partial charge in [-0.05, 0) is 31.3 Å². The standard InChI is InChI=1S/C16H25N5O2S2/c1-14(2)13-19-16(24)18-7-12-25(22,23)21-10-8-20(9-11-21)15-5-3-4-6-17-15/h3-6H,1,7-13H2,2H3,(H2,18,19,24). The summed E-state index contributed by atoms with van der Waals surface area (Å²) in [4.78, 5) is 6.41. The van der Waals surface area contributed by atoms with Gasteiger partial charge in [-0.2, -0.15) is 4.31 Å². The fraction of sp³-hybridized carbons (Fsp3) is 0.500. The number of anilines is 1. The molecular weight excluding hydrogens is 358 g/mol. The third-order valence-corrected chi connectivity index (χ3v) is 5.96. The highest BCUT2D eigenvalue weighted by Crippen LogP contribution is 2.14. The van der Waals surface area contributed by atoms with Gasteiger partial charge in [0.2, 0.25) is 10.0 Å². The lowest BCUT2D eigenvalue weighted by Gasteiger charge is -2.34. The van der Waals surface area contributed by atoms with E-state index in [0.29, 0.717) is 37.8 Å². The van der Waals surface area contributed by atoms with E-state index in [1.807, 2.05) is 25.1 Å². The smallest absolute Gasteiger partial charge is 0.215 e. The van der Waals surface area contributed by atoms with Crippen molar-refractivity contribution in [2.45, 2.75) is 6.92 Å². The number of sulfonamides is 1. The Morgan fingerprint density at radius 2 is 2.00 bits per heavy atom. The molecule has 1 aliphatic rings. The monoisotopic (exact) mass is 383 g/mol. The largest absolute Gasteiger partial charge is 0.362 e. The number of piperazine rings is 1. The lowest BCUT2D eigenvalue weighted by atomic mass is 10.3. The second-order valence-corrected chi connectivity index (χ2v) is 8.45. The summed E-state index contributed by atoms with van der Waals surface area (Å²) >= 11 is 5.10. The van der Waals surface area contributed by atoms with E-state index in [9.17, 15) is 8.42 Å². The summed E-state index contributed by atoms with van der Waals surface area (Å²) in [6.07, 6.45) is 1.74. The third kappa shape index (κ3) is 6.26. The number of pyridine rings is 1. The van der Waals surface area contributed by atoms with Crippen LogP contribution in [0.3, 0.4) is 0 Å². The Balaban J connectivity index is 1.75. The van der Waals surface area contributed by atoms with Crippen LogP contribution in [0.25, 0.3) is 0 Å². The van der Waals surface area contributed by atoms with E-state index in [1.165, 1.54) is 0 Å². The third-order valence-electron chi connectivity index (χ3n) is 3.80. The maximum atomic E-state index is 12.5. The highest BCUT2D eigenvalue weighted by molar-refractivity contribution is 7.89. The van der Waals surface area contributed by atoms with Crippen LogP contribution in [0.2, 0.25) is 0 Å². The first-order chi connectivity index (χ1) is 11.9. The van der Waals surface area contributed by atoms with Crippen LogP contribution in [0.15, 0.2) is 36.5 Å². The summed E-state index contributed by atoms with van der Waals surface area (Å²) < 4.78 is 26.4. The maximum absolute atomic E-state index is 12.5. The summed E-state index contributed by atoms with van der Waals surface area (Å²) in [5.74, 6) is 0.904. The molecule has 0 saturated carbocycles. The second kappa shape index (κ2) is 9.12. The normalized spacial score (nSPS) is 15.6. The molecule has 138 valence electrons. The number of hydrogen-bond donors (Lipinski definition) is 2. The number of nitrogens with one attached hydrogen (secondary N) is 2. The fourth-order valence-corrected chi connectivity index (χ4v) is 3.96. The van der Waals surface area contributed by atoms with Gasteiger partial charge in [0.1, 0.15) is 5.82 Å². The van der Waals surface area contributed by atoms with Gasteiger partial charge in [-0.3, -0.25) is 0 Å². The average molecular weight is 384 g/mol. The number of rotatable bonds is 7. The molecule has 7 nitrogen and oxygen atoms in total. The first kappa shape index (κ1) is 19.6. The van der Waals surface area contributed by atoms with Crippen molar-refractivity contribution in [3.8, 4) is 0 Å². The quantitative estimate of drug-likeness (QED) is 0.527. The van der Waals surface area contributed by atoms with Gasteiger partial charge in [-0.1, -0.05) is 18.2 Å². The molecule has 2 rings (SSSR count). The van der Waals surface area contributed by atoms with E-state index in [-0.39, 0.29) is 12.3 Å². The molecule has 0 bridgehead atoms. The van der Waals surface area contributed by atoms with Crippen molar-refractivity contribution in [2.24, 2.45) is 0 Å². The molecule has 0 amide bonds. The minimum atomic E-state index is -3.30. The van der Waals surface area contributed by atoms with Gasteiger partial charge >= 0.3 is 0 Å². The first-order valence-corrected chi connectivity index (χ1v) is 10.2. The van der Waals surface area contributed by atoms with Crippen LogP contribution in [0, 0.1) is 0 Å². The summed E-state index contributed by atoms with van der Waals surface area (Å²) in [6, 6.07) is 5.74. The molecule has 0 unspecified atom stereocenters. The average Bonchev–Trinajstić information content (AvgIpc) is 2.61. The Morgan fingerprint density at radius 3 is 2.60 bits per heavy atom. The second-order valence-electron chi connectivity index (χ2n) is 5.96. The Morgan fingerprint density at radius 1 is 1.28 bits per heavy atom. The topological polar surface area (TPSA) is 77.6 Å². The molecule has 2 N–H and O–H groups in total. The first-order valence-electron chi connectivity index (χ1n) is 8.18. The van der Waals surface area contributed by atoms with Gasteiger partial charge in [0.15, 0.2) is 5.11 Å². The summed E-state index contributed by atoms with van der Waals surface area (Å²) in [6.45, 7) is 8.75. The molecule has 2 heterocycles. The van der Waals surface area contributed by atoms with Crippen molar-refractivity contribution in [3.63, 3.8) is 0 Å². The van der Waals surface area contributed by atoms with E-state index in [1.54, 1.807) is 10.5 Å². The zero-order valence-corrected chi connectivity index (χ0v) is 16.1. The van der Waals surface area contributed by atoms with Crippen LogP contribution >= 0.6 is 12.2 Å². The lowest BCUT2D eigenvalue weighted by Crippen LogP contribution is -2.50. The molecule has 1 fully saturated rings. The van der Waals surface area contributed by atoms with E-state index >= 15 is 0 Å². The molecule has 0 radical (unpaired) electrons. The zero-order chi connectivity index (χ0) is 18.3. The van der Waals surface area contributed by atoms with Crippen LogP contribution in [-0.4, -0.2) is 67.8 Å². The van der Waals surface area contributed by atoms with Crippen molar-refractivity contribution >= 4 is 33.2 Å². The molecular formula is C16H25N5O2S2. The molecule has 9 heteroatoms. The molecule has 0 atom stereocenters. The predicted octanol–water partition coefficient (Wildman–Crippen LogP) is 0.574. The molecule has 0 spiro atoms. The minimum absolute atomic E-state index is 0.0193. The van der Waals surface area contributed by atoms with Crippen LogP contribution in [0.5, 0.6) is 0 Å². The highest BCUT2D eigenvalue weighted by atomic mass is 32.2. The van der Waals surface area contributed by atoms with Gasteiger partial charge in [-0.25, -0.2) is 13.4 Å². The number of thiocarbonyl (C=S) groups is 1. The van der Waals surface area contributed by atoms with Gasteiger partial charge < -0.3 is 15.5 Å². The number of nitrogens with zero attached hydrogens (tertiary/aromatic N) is 3. The van der Waals surface area contributed by atoms with Crippen molar-refractivity contribution < 1.29 is 8.42 Å². The zero-order valence-electron chi connectivity index (χ0n) is 14.4. The van der Waals surface area contributed by atoms with Crippen LogP contribution < -0.4 is 15.5 Å². The summed E-state index contributed by atoms with van der Waals surface area (Å²) in [5, 5.41) is 6.33. The molecule has 1 aromatic heterocycles. The molecule has 25 heavy (non-hydrogen) atoms. The molecule has 1 aromatic rings. The van der Waals surface area contributed by atoms with Gasteiger partial charge in [0.25, 0.3) is 0 Å². The van der Waals surface area contributed by atoms with E-state index in [4.69, 9.17) is 12.2 Å². The van der Waals surface area contributed by atoms with Crippen molar-refractivity contribution in [1.29, 1.82) is 0 Å². The number of aromatic nitrogens is 1. The van der Waals surface area contributed by atoms with Gasteiger partial charge in [-0.15, -0.1) is 0 Å². The van der Waals surface area contributed by atoms with Crippen LogP contribution in [-0.2, 0) is 10.0 Å². The molecule has 0 aromatic carbocycles. The highest BCUT2D eigenvalue weighted by Gasteiger charge is 2.26. The van der Waals surface area contributed by atoms with Crippen LogP contribution in [0.4, 0.5) is 5.82 Å². The van der Waals surface area contributed by atoms with Gasteiger partial charge in [0, 0.05) is 45.5 Å². The summed E-state index contributed by atoms with van der Waals surface area (Å²) in [7, 11) is -3.30. The summed E-state index contributed by atoms with van der Waals surface area (Å²) in [5.41, 5.74) is 0.961. The molecule has 1 saturated heterocycles. The van der Waals surface area contributed by atoms with E-state index in [0.717, 1.165) is 11.4 Å². The van der Waals surface area contributed by atoms with Crippen molar-refractivity contribution in [1.82, 2.24) is 19.9 Å². The Labute approximate surface area is 155 Å². The Hall–Kier alpha value is -1.71. The number of hydrogen-bond acceptors (Lipinski definition) is 5. The predicted molar refractivity (Wildman–Crippen MR) is 105 cm³/mol. The fourth-order valence-electron chi connectivity index (χ4n) is 2.45. The van der Waals surface area contributed by atoms with Crippen molar-refractivity contribution in [3.05, 3.63) is 36.5 Å². The lowest BCUT2D eigenvalue weighted by molar-refractivity contribution is 0.384. The SMILES string of the molecule is C=C(C)CNC(=S)NCCS(=O)(=O)N1CCN(c2ccccn2)CC1. The Bertz CT molecular complexity index is 686. The molecule has 0 aliphatic carbocycles.